The van der Waals surface area contributed by atoms with Gasteiger partial charge in [-0.15, -0.1) is 0 Å². The van der Waals surface area contributed by atoms with Crippen LogP contribution in [0.5, 0.6) is 5.75 Å². The van der Waals surface area contributed by atoms with Crippen molar-refractivity contribution in [2.45, 2.75) is 47.4 Å². The molecule has 3 heterocycles. The van der Waals surface area contributed by atoms with Crippen LogP contribution < -0.4 is 21.1 Å². The first-order valence-corrected chi connectivity index (χ1v) is 13.1. The lowest BCUT2D eigenvalue weighted by Crippen LogP contribution is -2.63. The summed E-state index contributed by atoms with van der Waals surface area (Å²) in [6, 6.07) is 4.31. The number of primary amides is 1. The van der Waals surface area contributed by atoms with Gasteiger partial charge in [0.2, 0.25) is 21.7 Å². The number of sulfone groups is 1. The Kier molecular flexibility index (Phi) is 6.88. The number of carbonyl (C=O) groups excluding carboxylic acids is 1. The lowest BCUT2D eigenvalue weighted by atomic mass is 9.83. The van der Waals surface area contributed by atoms with Gasteiger partial charge in [-0.2, -0.15) is 4.98 Å². The Labute approximate surface area is 204 Å². The van der Waals surface area contributed by atoms with Gasteiger partial charge in [0.05, 0.1) is 13.3 Å². The molecule has 2 aromatic rings. The smallest absolute Gasteiger partial charge is 0.238 e. The van der Waals surface area contributed by atoms with E-state index in [1.807, 2.05) is 4.90 Å². The molecule has 0 saturated carbocycles. The Morgan fingerprint density at radius 3 is 2.38 bits per heavy atom. The Balaban J connectivity index is 1.56. The minimum Gasteiger partial charge on any atom is -0.495 e. The number of likely N-dealkylation sites (tertiary alicyclic amines) is 1. The van der Waals surface area contributed by atoms with Crippen LogP contribution in [-0.2, 0) is 14.6 Å². The molecule has 184 valence electrons. The van der Waals surface area contributed by atoms with Crippen LogP contribution in [0.2, 0.25) is 5.02 Å². The number of aromatic nitrogens is 2. The van der Waals surface area contributed by atoms with Crippen molar-refractivity contribution in [3.8, 4) is 5.75 Å². The van der Waals surface area contributed by atoms with Crippen LogP contribution in [0.4, 0.5) is 11.8 Å². The quantitative estimate of drug-likeness (QED) is 0.597. The molecule has 2 aliphatic rings. The molecule has 2 fully saturated rings. The summed E-state index contributed by atoms with van der Waals surface area (Å²) in [5.74, 6) is -0.0168. The number of piperidine rings is 2. The van der Waals surface area contributed by atoms with Gasteiger partial charge in [-0.25, -0.2) is 13.4 Å². The molecule has 0 radical (unpaired) electrons. The van der Waals surface area contributed by atoms with Gasteiger partial charge in [0.15, 0.2) is 0 Å². The average molecular weight is 509 g/mol. The van der Waals surface area contributed by atoms with E-state index in [0.717, 1.165) is 25.9 Å². The molecule has 0 atom stereocenters. The number of benzene rings is 1. The molecule has 4 N–H and O–H groups in total. The summed E-state index contributed by atoms with van der Waals surface area (Å²) in [6.07, 6.45) is 5.59. The first-order valence-electron chi connectivity index (χ1n) is 11.2. The molecule has 0 bridgehead atoms. The van der Waals surface area contributed by atoms with E-state index in [-0.39, 0.29) is 32.3 Å². The molecule has 10 nitrogen and oxygen atoms in total. The van der Waals surface area contributed by atoms with Gasteiger partial charge in [-0.1, -0.05) is 18.0 Å². The number of nitrogens with two attached hydrogens (primary N) is 2. The van der Waals surface area contributed by atoms with Crippen molar-refractivity contribution in [1.29, 1.82) is 0 Å². The van der Waals surface area contributed by atoms with E-state index in [1.165, 1.54) is 37.9 Å². The number of hydrogen-bond donors (Lipinski definition) is 2. The molecule has 0 unspecified atom stereocenters. The fourth-order valence-corrected chi connectivity index (χ4v) is 6.51. The van der Waals surface area contributed by atoms with Crippen LogP contribution in [0.3, 0.4) is 0 Å². The third-order valence-corrected chi connectivity index (χ3v) is 8.80. The predicted molar refractivity (Wildman–Crippen MR) is 129 cm³/mol. The summed E-state index contributed by atoms with van der Waals surface area (Å²) in [7, 11) is -2.70. The fraction of sp³-hybridized carbons (Fsp3) is 0.500. The summed E-state index contributed by atoms with van der Waals surface area (Å²) in [5.41, 5.74) is 11.3. The number of nitrogen functional groups attached to an aromatic ring is 1. The molecular formula is C22H29ClN6O4S. The van der Waals surface area contributed by atoms with Crippen molar-refractivity contribution in [2.75, 3.05) is 43.9 Å². The third kappa shape index (κ3) is 4.39. The topological polar surface area (TPSA) is 145 Å². The zero-order valence-corrected chi connectivity index (χ0v) is 20.6. The molecule has 12 heteroatoms. The Hall–Kier alpha value is -2.63. The molecule has 1 amide bonds. The van der Waals surface area contributed by atoms with E-state index < -0.39 is 15.4 Å². The van der Waals surface area contributed by atoms with Crippen molar-refractivity contribution in [2.24, 2.45) is 5.73 Å². The van der Waals surface area contributed by atoms with Crippen LogP contribution in [-0.4, -0.2) is 68.0 Å². The number of amides is 1. The molecule has 2 saturated heterocycles. The predicted octanol–water partition coefficient (Wildman–Crippen LogP) is 1.86. The first-order chi connectivity index (χ1) is 16.2. The minimum absolute atomic E-state index is 0.115. The van der Waals surface area contributed by atoms with Crippen LogP contribution >= 0.6 is 11.6 Å². The maximum Gasteiger partial charge on any atom is 0.238 e. The second kappa shape index (κ2) is 9.55. The van der Waals surface area contributed by atoms with E-state index in [0.29, 0.717) is 31.9 Å². The van der Waals surface area contributed by atoms with Gasteiger partial charge in [0.1, 0.15) is 26.9 Å². The van der Waals surface area contributed by atoms with E-state index in [1.54, 1.807) is 0 Å². The highest BCUT2D eigenvalue weighted by Crippen LogP contribution is 2.35. The van der Waals surface area contributed by atoms with Crippen LogP contribution in [0, 0.1) is 0 Å². The SMILES string of the molecule is COc1ccc(Cl)cc1S(=O)(=O)c1cnc(N2CCC(C(N)=O)(N3CCCCC3)CC2)nc1N. The molecule has 2 aliphatic heterocycles. The van der Waals surface area contributed by atoms with E-state index in [2.05, 4.69) is 14.9 Å². The number of halogens is 1. The van der Waals surface area contributed by atoms with Gasteiger partial charge in [-0.3, -0.25) is 9.69 Å². The lowest BCUT2D eigenvalue weighted by molar-refractivity contribution is -0.132. The van der Waals surface area contributed by atoms with E-state index in [9.17, 15) is 13.2 Å². The Bertz CT molecular complexity index is 1180. The average Bonchev–Trinajstić information content (AvgIpc) is 2.84. The monoisotopic (exact) mass is 508 g/mol. The van der Waals surface area contributed by atoms with Crippen LogP contribution in [0.15, 0.2) is 34.2 Å². The number of methoxy groups -OCH3 is 1. The van der Waals surface area contributed by atoms with Crippen LogP contribution in [0.25, 0.3) is 0 Å². The highest BCUT2D eigenvalue weighted by molar-refractivity contribution is 7.91. The van der Waals surface area contributed by atoms with Gasteiger partial charge in [0.25, 0.3) is 0 Å². The van der Waals surface area contributed by atoms with Gasteiger partial charge >= 0.3 is 0 Å². The fourth-order valence-electron chi connectivity index (χ4n) is 4.83. The number of rotatable bonds is 6. The maximum absolute atomic E-state index is 13.2. The molecule has 1 aromatic carbocycles. The first kappa shape index (κ1) is 24.5. The van der Waals surface area contributed by atoms with Crippen LogP contribution in [0.1, 0.15) is 32.1 Å². The third-order valence-electron chi connectivity index (χ3n) is 6.77. The Morgan fingerprint density at radius 1 is 1.12 bits per heavy atom. The molecular weight excluding hydrogens is 480 g/mol. The second-order valence-electron chi connectivity index (χ2n) is 8.65. The van der Waals surface area contributed by atoms with Crippen molar-refractivity contribution >= 4 is 39.1 Å². The molecule has 1 aromatic heterocycles. The molecule has 34 heavy (non-hydrogen) atoms. The highest BCUT2D eigenvalue weighted by atomic mass is 35.5. The summed E-state index contributed by atoms with van der Waals surface area (Å²) in [6.45, 7) is 2.75. The minimum atomic E-state index is -4.07. The van der Waals surface area contributed by atoms with E-state index >= 15 is 0 Å². The maximum atomic E-state index is 13.2. The zero-order chi connectivity index (χ0) is 24.5. The molecule has 0 spiro atoms. The second-order valence-corrected chi connectivity index (χ2v) is 11.0. The summed E-state index contributed by atoms with van der Waals surface area (Å²) in [5, 5.41) is 0.246. The molecule has 4 rings (SSSR count). The largest absolute Gasteiger partial charge is 0.495 e. The zero-order valence-electron chi connectivity index (χ0n) is 19.0. The summed E-state index contributed by atoms with van der Waals surface area (Å²) in [4.78, 5) is 24.8. The normalized spacial score (nSPS) is 19.1. The summed E-state index contributed by atoms with van der Waals surface area (Å²) >= 11 is 6.01. The molecule has 0 aliphatic carbocycles. The summed E-state index contributed by atoms with van der Waals surface area (Å²) < 4.78 is 31.7. The van der Waals surface area contributed by atoms with Crippen molar-refractivity contribution in [1.82, 2.24) is 14.9 Å². The van der Waals surface area contributed by atoms with Crippen molar-refractivity contribution in [3.05, 3.63) is 29.4 Å². The number of nitrogens with zero attached hydrogens (tertiary/aromatic N) is 4. The van der Waals surface area contributed by atoms with Crippen molar-refractivity contribution in [3.63, 3.8) is 0 Å². The van der Waals surface area contributed by atoms with Crippen molar-refractivity contribution < 1.29 is 17.9 Å². The Morgan fingerprint density at radius 2 is 1.79 bits per heavy atom. The van der Waals surface area contributed by atoms with Gasteiger partial charge in [-0.05, 0) is 57.0 Å². The van der Waals surface area contributed by atoms with Gasteiger partial charge < -0.3 is 21.1 Å². The number of carbonyl (C=O) groups is 1. The van der Waals surface area contributed by atoms with Gasteiger partial charge in [0, 0.05) is 18.1 Å². The standard InChI is InChI=1S/C22H29ClN6O4S/c1-33-16-6-5-15(23)13-17(16)34(31,32)18-14-26-21(27-19(18)24)28-11-7-22(8-12-28,20(25)30)29-9-3-2-4-10-29/h5-6,13-14H,2-4,7-12H2,1H3,(H2,25,30)(H2,24,26,27). The lowest BCUT2D eigenvalue weighted by Gasteiger charge is -2.48. The number of hydrogen-bond acceptors (Lipinski definition) is 9. The highest BCUT2D eigenvalue weighted by Gasteiger charge is 2.45. The van der Waals surface area contributed by atoms with E-state index in [4.69, 9.17) is 27.8 Å². The number of ether oxygens (including phenoxy) is 1. The number of anilines is 2.